The second-order valence-electron chi connectivity index (χ2n) is 9.00. The van der Waals surface area contributed by atoms with Crippen molar-refractivity contribution in [2.75, 3.05) is 45.9 Å². The Morgan fingerprint density at radius 3 is 2.17 bits per heavy atom. The van der Waals surface area contributed by atoms with Gasteiger partial charge in [-0.05, 0) is 59.5 Å². The third-order valence-electron chi connectivity index (χ3n) is 7.21. The van der Waals surface area contributed by atoms with Gasteiger partial charge in [-0.15, -0.1) is 0 Å². The molecule has 0 aromatic rings. The van der Waals surface area contributed by atoms with E-state index in [2.05, 4.69) is 35.5 Å². The lowest BCUT2D eigenvalue weighted by atomic mass is 9.76. The maximum Gasteiger partial charge on any atom is 0.0545 e. The first-order valence-electron chi connectivity index (χ1n) is 9.88. The summed E-state index contributed by atoms with van der Waals surface area (Å²) in [5.74, 6) is 0. The highest BCUT2D eigenvalue weighted by molar-refractivity contribution is 5.01. The van der Waals surface area contributed by atoms with Gasteiger partial charge in [-0.1, -0.05) is 0 Å². The second-order valence-corrected chi connectivity index (χ2v) is 9.00. The van der Waals surface area contributed by atoms with Crippen molar-refractivity contribution in [3.05, 3.63) is 0 Å². The molecule has 5 rings (SSSR count). The van der Waals surface area contributed by atoms with E-state index in [4.69, 9.17) is 4.74 Å². The molecule has 4 nitrogen and oxygen atoms in total. The van der Waals surface area contributed by atoms with Crippen molar-refractivity contribution in [1.82, 2.24) is 14.7 Å². The molecule has 5 aliphatic rings. The van der Waals surface area contributed by atoms with Crippen LogP contribution in [0.3, 0.4) is 0 Å². The van der Waals surface area contributed by atoms with Crippen LogP contribution < -0.4 is 0 Å². The lowest BCUT2D eigenvalue weighted by molar-refractivity contribution is -0.143. The van der Waals surface area contributed by atoms with E-state index < -0.39 is 0 Å². The Kier molecular flexibility index (Phi) is 4.46. The molecule has 0 aromatic heterocycles. The highest BCUT2D eigenvalue weighted by Crippen LogP contribution is 2.39. The lowest BCUT2D eigenvalue weighted by Crippen LogP contribution is -2.69. The van der Waals surface area contributed by atoms with Crippen molar-refractivity contribution in [3.8, 4) is 0 Å². The summed E-state index contributed by atoms with van der Waals surface area (Å²) in [5, 5.41) is 0. The molecule has 5 heterocycles. The van der Waals surface area contributed by atoms with Crippen LogP contribution in [0.2, 0.25) is 0 Å². The fourth-order valence-corrected chi connectivity index (χ4v) is 5.14. The number of piperazine rings is 1. The second kappa shape index (κ2) is 6.29. The molecule has 3 unspecified atom stereocenters. The molecule has 3 atom stereocenters. The minimum atomic E-state index is 0.574. The molecule has 23 heavy (non-hydrogen) atoms. The van der Waals surface area contributed by atoms with Crippen LogP contribution in [0.4, 0.5) is 0 Å². The molecule has 0 aromatic carbocycles. The number of hydrogen-bond donors (Lipinski definition) is 0. The Labute approximate surface area is 142 Å². The topological polar surface area (TPSA) is 19.0 Å². The third kappa shape index (κ3) is 3.08. The van der Waals surface area contributed by atoms with Gasteiger partial charge in [0.2, 0.25) is 0 Å². The molecular formula is C19H35N3O. The number of likely N-dealkylation sites (tertiary alicyclic amines) is 1. The predicted octanol–water partition coefficient (Wildman–Crippen LogP) is 2.04. The zero-order chi connectivity index (χ0) is 16.0. The van der Waals surface area contributed by atoms with Gasteiger partial charge in [-0.2, -0.15) is 0 Å². The van der Waals surface area contributed by atoms with Crippen LogP contribution in [0.1, 0.15) is 46.5 Å². The number of ether oxygens (including phenoxy) is 1. The number of rotatable bonds is 5. The van der Waals surface area contributed by atoms with Crippen LogP contribution in [-0.4, -0.2) is 84.8 Å². The van der Waals surface area contributed by atoms with E-state index in [0.717, 1.165) is 37.4 Å². The standard InChI is InChI=1S/C19H35N3O/c1-15(2)21-11-17-10-18(12-21)22(17)7-4-16(3)20-8-5-19(6-9-20)13-23-14-19/h15-18H,4-14H2,1-3H3. The molecule has 5 saturated heterocycles. The van der Waals surface area contributed by atoms with Crippen molar-refractivity contribution >= 4 is 0 Å². The van der Waals surface area contributed by atoms with Gasteiger partial charge in [0.1, 0.15) is 0 Å². The van der Waals surface area contributed by atoms with Gasteiger partial charge in [0, 0.05) is 49.2 Å². The monoisotopic (exact) mass is 321 g/mol. The lowest BCUT2D eigenvalue weighted by Gasteiger charge is -2.58. The number of fused-ring (bicyclic) bond motifs is 2. The van der Waals surface area contributed by atoms with E-state index in [9.17, 15) is 0 Å². The highest BCUT2D eigenvalue weighted by Gasteiger charge is 2.45. The maximum absolute atomic E-state index is 5.45. The third-order valence-corrected chi connectivity index (χ3v) is 7.21. The average Bonchev–Trinajstić information content (AvgIpc) is 2.53. The molecule has 5 aliphatic heterocycles. The number of piperidine rings is 2. The van der Waals surface area contributed by atoms with E-state index in [1.807, 2.05) is 0 Å². The molecule has 132 valence electrons. The van der Waals surface area contributed by atoms with Crippen molar-refractivity contribution in [2.45, 2.75) is 70.6 Å². The maximum atomic E-state index is 5.45. The molecule has 0 amide bonds. The first-order valence-corrected chi connectivity index (χ1v) is 9.88. The number of hydrogen-bond acceptors (Lipinski definition) is 4. The summed E-state index contributed by atoms with van der Waals surface area (Å²) in [6.45, 7) is 15.7. The highest BCUT2D eigenvalue weighted by atomic mass is 16.5. The van der Waals surface area contributed by atoms with Gasteiger partial charge in [0.25, 0.3) is 0 Å². The van der Waals surface area contributed by atoms with Gasteiger partial charge in [0.15, 0.2) is 0 Å². The smallest absolute Gasteiger partial charge is 0.0545 e. The fourth-order valence-electron chi connectivity index (χ4n) is 5.14. The van der Waals surface area contributed by atoms with Crippen LogP contribution in [-0.2, 0) is 4.74 Å². The molecule has 0 aliphatic carbocycles. The van der Waals surface area contributed by atoms with Gasteiger partial charge in [0.05, 0.1) is 13.2 Å². The summed E-state index contributed by atoms with van der Waals surface area (Å²) in [4.78, 5) is 8.21. The molecule has 4 heteroatoms. The predicted molar refractivity (Wildman–Crippen MR) is 93.7 cm³/mol. The first kappa shape index (κ1) is 16.3. The Morgan fingerprint density at radius 1 is 1.00 bits per heavy atom. The summed E-state index contributed by atoms with van der Waals surface area (Å²) in [7, 11) is 0. The van der Waals surface area contributed by atoms with Crippen molar-refractivity contribution in [3.63, 3.8) is 0 Å². The Morgan fingerprint density at radius 2 is 1.65 bits per heavy atom. The fraction of sp³-hybridized carbons (Fsp3) is 1.00. The number of nitrogens with zero attached hydrogens (tertiary/aromatic N) is 3. The van der Waals surface area contributed by atoms with Crippen LogP contribution in [0, 0.1) is 5.41 Å². The van der Waals surface area contributed by atoms with E-state index in [-0.39, 0.29) is 0 Å². The van der Waals surface area contributed by atoms with E-state index >= 15 is 0 Å². The van der Waals surface area contributed by atoms with Crippen LogP contribution >= 0.6 is 0 Å². The van der Waals surface area contributed by atoms with Gasteiger partial charge >= 0.3 is 0 Å². The molecule has 0 radical (unpaired) electrons. The molecule has 1 spiro atoms. The van der Waals surface area contributed by atoms with Crippen LogP contribution in [0.15, 0.2) is 0 Å². The Hall–Kier alpha value is -0.160. The zero-order valence-electron chi connectivity index (χ0n) is 15.3. The molecular weight excluding hydrogens is 286 g/mol. The molecule has 0 N–H and O–H groups in total. The molecule has 0 saturated carbocycles. The molecule has 5 fully saturated rings. The SMILES string of the molecule is CC(C)N1CC2CC(C1)N2CCC(C)N1CCC2(CC1)COC2. The van der Waals surface area contributed by atoms with Crippen LogP contribution in [0.25, 0.3) is 0 Å². The van der Waals surface area contributed by atoms with Crippen molar-refractivity contribution in [1.29, 1.82) is 0 Å². The van der Waals surface area contributed by atoms with E-state index in [0.29, 0.717) is 5.41 Å². The van der Waals surface area contributed by atoms with Gasteiger partial charge < -0.3 is 9.64 Å². The van der Waals surface area contributed by atoms with Crippen molar-refractivity contribution < 1.29 is 4.74 Å². The summed E-state index contributed by atoms with van der Waals surface area (Å²) in [6.07, 6.45) is 5.51. The first-order chi connectivity index (χ1) is 11.1. The average molecular weight is 322 g/mol. The van der Waals surface area contributed by atoms with Gasteiger partial charge in [-0.3, -0.25) is 9.80 Å². The van der Waals surface area contributed by atoms with Gasteiger partial charge in [-0.25, -0.2) is 0 Å². The summed E-state index contributed by atoms with van der Waals surface area (Å²) < 4.78 is 5.45. The molecule has 2 bridgehead atoms. The van der Waals surface area contributed by atoms with Crippen molar-refractivity contribution in [2.24, 2.45) is 5.41 Å². The summed E-state index contributed by atoms with van der Waals surface area (Å²) in [6, 6.07) is 3.16. The minimum Gasteiger partial charge on any atom is -0.380 e. The summed E-state index contributed by atoms with van der Waals surface area (Å²) in [5.41, 5.74) is 0.574. The Bertz CT molecular complexity index is 401. The quantitative estimate of drug-likeness (QED) is 0.771. The van der Waals surface area contributed by atoms with Crippen LogP contribution in [0.5, 0.6) is 0 Å². The largest absolute Gasteiger partial charge is 0.380 e. The van der Waals surface area contributed by atoms with E-state index in [1.54, 1.807) is 0 Å². The normalized spacial score (nSPS) is 36.0. The Balaban J connectivity index is 1.20. The zero-order valence-corrected chi connectivity index (χ0v) is 15.3. The van der Waals surface area contributed by atoms with E-state index in [1.165, 1.54) is 58.4 Å². The summed E-state index contributed by atoms with van der Waals surface area (Å²) >= 11 is 0. The minimum absolute atomic E-state index is 0.574.